The average Bonchev–Trinajstić information content (AvgIpc) is 2.41. The van der Waals surface area contributed by atoms with E-state index in [-0.39, 0.29) is 5.69 Å². The zero-order chi connectivity index (χ0) is 13.7. The first-order chi connectivity index (χ1) is 9.20. The molecule has 0 spiro atoms. The minimum Gasteiger partial charge on any atom is -0.382 e. The fourth-order valence-corrected chi connectivity index (χ4v) is 1.82. The van der Waals surface area contributed by atoms with Gasteiger partial charge in [-0.2, -0.15) is 4.98 Å². The molecule has 0 radical (unpaired) electrons. The Bertz CT molecular complexity index is 594. The Hall–Kier alpha value is -1.85. The third-order valence-corrected chi connectivity index (χ3v) is 2.89. The predicted octanol–water partition coefficient (Wildman–Crippen LogP) is 1.85. The van der Waals surface area contributed by atoms with E-state index in [1.807, 2.05) is 12.1 Å². The minimum atomic E-state index is -0.380. The molecule has 0 fully saturated rings. The van der Waals surface area contributed by atoms with E-state index in [0.29, 0.717) is 17.3 Å². The van der Waals surface area contributed by atoms with Gasteiger partial charge in [0.1, 0.15) is 0 Å². The molecule has 1 aromatic heterocycles. The van der Waals surface area contributed by atoms with Crippen LogP contribution in [0.4, 0.5) is 5.69 Å². The van der Waals surface area contributed by atoms with Crippen LogP contribution in [0.3, 0.4) is 0 Å². The summed E-state index contributed by atoms with van der Waals surface area (Å²) in [6, 6.07) is 7.25. The monoisotopic (exact) mass is 278 g/mol. The molecular formula is C13H15ClN4O. The molecule has 0 unspecified atom stereocenters. The van der Waals surface area contributed by atoms with Crippen molar-refractivity contribution in [2.45, 2.75) is 6.42 Å². The standard InChI is InChI=1S/C13H15ClN4O/c14-10-4-2-9(3-5-10)12-11(16-7-1-6-15)8-17-13(19)18-12/h2-5,8,16H,1,6-7,15H2,(H,17,18,19). The first-order valence-electron chi connectivity index (χ1n) is 6.00. The number of nitrogens with two attached hydrogens (primary N) is 1. The Labute approximate surface area is 115 Å². The van der Waals surface area contributed by atoms with Gasteiger partial charge in [-0.25, -0.2) is 4.79 Å². The fourth-order valence-electron chi connectivity index (χ4n) is 1.70. The Balaban J connectivity index is 2.34. The number of H-pyrrole nitrogens is 1. The second-order valence-electron chi connectivity index (χ2n) is 4.05. The highest BCUT2D eigenvalue weighted by Gasteiger charge is 2.06. The molecule has 19 heavy (non-hydrogen) atoms. The topological polar surface area (TPSA) is 83.8 Å². The highest BCUT2D eigenvalue weighted by molar-refractivity contribution is 6.30. The van der Waals surface area contributed by atoms with Crippen LogP contribution >= 0.6 is 11.6 Å². The van der Waals surface area contributed by atoms with Gasteiger partial charge in [0.2, 0.25) is 0 Å². The first-order valence-corrected chi connectivity index (χ1v) is 6.37. The van der Waals surface area contributed by atoms with Crippen molar-refractivity contribution in [2.24, 2.45) is 5.73 Å². The number of halogens is 1. The van der Waals surface area contributed by atoms with Gasteiger partial charge in [0.15, 0.2) is 0 Å². The molecule has 100 valence electrons. The van der Waals surface area contributed by atoms with E-state index in [2.05, 4.69) is 15.3 Å². The number of hydrogen-bond donors (Lipinski definition) is 3. The molecule has 0 aliphatic rings. The molecule has 0 aliphatic carbocycles. The van der Waals surface area contributed by atoms with Crippen molar-refractivity contribution in [2.75, 3.05) is 18.4 Å². The van der Waals surface area contributed by atoms with Crippen LogP contribution in [-0.4, -0.2) is 23.1 Å². The van der Waals surface area contributed by atoms with Crippen molar-refractivity contribution in [1.29, 1.82) is 0 Å². The van der Waals surface area contributed by atoms with Gasteiger partial charge in [-0.15, -0.1) is 0 Å². The van der Waals surface area contributed by atoms with Gasteiger partial charge in [0.25, 0.3) is 0 Å². The van der Waals surface area contributed by atoms with Crippen molar-refractivity contribution in [3.05, 3.63) is 46.0 Å². The van der Waals surface area contributed by atoms with Crippen LogP contribution in [0.2, 0.25) is 5.02 Å². The van der Waals surface area contributed by atoms with E-state index < -0.39 is 0 Å². The van der Waals surface area contributed by atoms with Crippen LogP contribution in [0.1, 0.15) is 6.42 Å². The van der Waals surface area contributed by atoms with Gasteiger partial charge in [-0.1, -0.05) is 23.7 Å². The summed E-state index contributed by atoms with van der Waals surface area (Å²) in [4.78, 5) is 17.8. The number of nitrogens with zero attached hydrogens (tertiary/aromatic N) is 1. The Kier molecular flexibility index (Phi) is 4.54. The summed E-state index contributed by atoms with van der Waals surface area (Å²) in [5.74, 6) is 0. The van der Waals surface area contributed by atoms with E-state index in [4.69, 9.17) is 17.3 Å². The van der Waals surface area contributed by atoms with Crippen LogP contribution in [0, 0.1) is 0 Å². The predicted molar refractivity (Wildman–Crippen MR) is 77.5 cm³/mol. The van der Waals surface area contributed by atoms with Gasteiger partial charge in [0, 0.05) is 17.1 Å². The number of aromatic amines is 1. The molecule has 0 atom stereocenters. The summed E-state index contributed by atoms with van der Waals surface area (Å²) in [6.07, 6.45) is 2.37. The summed E-state index contributed by atoms with van der Waals surface area (Å²) in [7, 11) is 0. The maximum Gasteiger partial charge on any atom is 0.345 e. The fraction of sp³-hybridized carbons (Fsp3) is 0.231. The van der Waals surface area contributed by atoms with Gasteiger partial charge in [-0.05, 0) is 25.1 Å². The third-order valence-electron chi connectivity index (χ3n) is 2.64. The second kappa shape index (κ2) is 6.36. The summed E-state index contributed by atoms with van der Waals surface area (Å²) < 4.78 is 0. The summed E-state index contributed by atoms with van der Waals surface area (Å²) in [5, 5.41) is 3.86. The molecule has 0 saturated carbocycles. The summed E-state index contributed by atoms with van der Waals surface area (Å²) in [5.41, 5.74) is 7.42. The molecule has 2 rings (SSSR count). The minimum absolute atomic E-state index is 0.380. The number of nitrogens with one attached hydrogen (secondary N) is 2. The lowest BCUT2D eigenvalue weighted by Crippen LogP contribution is -2.15. The zero-order valence-corrected chi connectivity index (χ0v) is 11.1. The molecule has 0 amide bonds. The Morgan fingerprint density at radius 2 is 2.05 bits per heavy atom. The van der Waals surface area contributed by atoms with Gasteiger partial charge in [0.05, 0.1) is 17.6 Å². The van der Waals surface area contributed by atoms with Crippen molar-refractivity contribution < 1.29 is 0 Å². The lowest BCUT2D eigenvalue weighted by Gasteiger charge is -2.10. The smallest absolute Gasteiger partial charge is 0.345 e. The Morgan fingerprint density at radius 1 is 1.32 bits per heavy atom. The zero-order valence-electron chi connectivity index (χ0n) is 10.3. The van der Waals surface area contributed by atoms with E-state index in [1.54, 1.807) is 12.1 Å². The number of benzene rings is 1. The van der Waals surface area contributed by atoms with E-state index in [1.165, 1.54) is 6.20 Å². The molecule has 5 nitrogen and oxygen atoms in total. The highest BCUT2D eigenvalue weighted by atomic mass is 35.5. The molecule has 0 aliphatic heterocycles. The maximum absolute atomic E-state index is 11.4. The van der Waals surface area contributed by atoms with E-state index >= 15 is 0 Å². The van der Waals surface area contributed by atoms with Crippen LogP contribution in [0.25, 0.3) is 11.3 Å². The van der Waals surface area contributed by atoms with Crippen molar-refractivity contribution in [1.82, 2.24) is 9.97 Å². The van der Waals surface area contributed by atoms with Gasteiger partial charge >= 0.3 is 5.69 Å². The maximum atomic E-state index is 11.4. The largest absolute Gasteiger partial charge is 0.382 e. The van der Waals surface area contributed by atoms with Crippen molar-refractivity contribution >= 4 is 17.3 Å². The highest BCUT2D eigenvalue weighted by Crippen LogP contribution is 2.25. The molecule has 6 heteroatoms. The number of aromatic nitrogens is 2. The molecule has 1 heterocycles. The molecule has 1 aromatic carbocycles. The summed E-state index contributed by atoms with van der Waals surface area (Å²) >= 11 is 5.86. The molecule has 4 N–H and O–H groups in total. The number of anilines is 1. The molecular weight excluding hydrogens is 264 g/mol. The van der Waals surface area contributed by atoms with E-state index in [0.717, 1.165) is 24.2 Å². The quantitative estimate of drug-likeness (QED) is 0.729. The van der Waals surface area contributed by atoms with Crippen LogP contribution in [0.5, 0.6) is 0 Å². The molecule has 0 saturated heterocycles. The van der Waals surface area contributed by atoms with Crippen molar-refractivity contribution in [3.8, 4) is 11.3 Å². The molecule has 0 bridgehead atoms. The van der Waals surface area contributed by atoms with Crippen molar-refractivity contribution in [3.63, 3.8) is 0 Å². The molecule has 2 aromatic rings. The number of hydrogen-bond acceptors (Lipinski definition) is 4. The van der Waals surface area contributed by atoms with Crippen LogP contribution in [-0.2, 0) is 0 Å². The van der Waals surface area contributed by atoms with Crippen LogP contribution < -0.4 is 16.7 Å². The lowest BCUT2D eigenvalue weighted by atomic mass is 10.1. The third kappa shape index (κ3) is 3.56. The van der Waals surface area contributed by atoms with Gasteiger partial charge in [-0.3, -0.25) is 0 Å². The lowest BCUT2D eigenvalue weighted by molar-refractivity contribution is 0.872. The second-order valence-corrected chi connectivity index (χ2v) is 4.49. The number of rotatable bonds is 5. The van der Waals surface area contributed by atoms with Crippen LogP contribution in [0.15, 0.2) is 35.3 Å². The summed E-state index contributed by atoms with van der Waals surface area (Å²) in [6.45, 7) is 1.34. The SMILES string of the molecule is NCCCNc1cnc(=O)[nH]c1-c1ccc(Cl)cc1. The normalized spacial score (nSPS) is 10.4. The average molecular weight is 279 g/mol. The Morgan fingerprint density at radius 3 is 2.74 bits per heavy atom. The van der Waals surface area contributed by atoms with E-state index in [9.17, 15) is 4.79 Å². The first kappa shape index (κ1) is 13.6. The van der Waals surface area contributed by atoms with Gasteiger partial charge < -0.3 is 16.0 Å².